The molecule has 0 spiro atoms. The number of aromatic amines is 1. The van der Waals surface area contributed by atoms with Gasteiger partial charge in [0, 0.05) is 0 Å². The van der Waals surface area contributed by atoms with Crippen molar-refractivity contribution in [1.29, 1.82) is 0 Å². The Morgan fingerprint density at radius 3 is 2.82 bits per heavy atom. The van der Waals surface area contributed by atoms with Gasteiger partial charge >= 0.3 is 0 Å². The van der Waals surface area contributed by atoms with E-state index in [0.717, 1.165) is 28.8 Å². The largest absolute Gasteiger partial charge is 0.494 e. The number of rotatable bonds is 6. The van der Waals surface area contributed by atoms with Gasteiger partial charge in [0.25, 0.3) is 5.56 Å². The lowest BCUT2D eigenvalue weighted by Gasteiger charge is -2.05. The number of ether oxygens (including phenoxy) is 1. The van der Waals surface area contributed by atoms with Crippen molar-refractivity contribution in [2.75, 3.05) is 6.61 Å². The Hall–Kier alpha value is -2.28. The van der Waals surface area contributed by atoms with Gasteiger partial charge in [-0.1, -0.05) is 13.3 Å². The van der Waals surface area contributed by atoms with Gasteiger partial charge in [-0.25, -0.2) is 0 Å². The number of H-pyrrole nitrogens is 1. The third-order valence-corrected chi connectivity index (χ3v) is 3.25. The summed E-state index contributed by atoms with van der Waals surface area (Å²) in [5, 5.41) is 10.5. The molecule has 0 aliphatic heterocycles. The number of nitrogens with one attached hydrogen (secondary N) is 1. The van der Waals surface area contributed by atoms with Crippen LogP contribution >= 0.6 is 12.2 Å². The molecule has 0 radical (unpaired) electrons. The minimum atomic E-state index is -0.334. The van der Waals surface area contributed by atoms with Crippen LogP contribution in [0.5, 0.6) is 5.75 Å². The van der Waals surface area contributed by atoms with E-state index in [0.29, 0.717) is 12.3 Å². The summed E-state index contributed by atoms with van der Waals surface area (Å²) in [7, 11) is 0. The molecule has 0 saturated carbocycles. The first-order valence-corrected chi connectivity index (χ1v) is 7.48. The molecule has 6 nitrogen and oxygen atoms in total. The summed E-state index contributed by atoms with van der Waals surface area (Å²) in [6.45, 7) is 4.43. The molecule has 0 aliphatic carbocycles. The number of benzene rings is 1. The summed E-state index contributed by atoms with van der Waals surface area (Å²) in [6, 6.07) is 7.49. The van der Waals surface area contributed by atoms with Crippen LogP contribution in [0.3, 0.4) is 0 Å². The van der Waals surface area contributed by atoms with Crippen molar-refractivity contribution < 1.29 is 4.74 Å². The molecule has 0 fully saturated rings. The SMILES string of the molecule is CCCCOc1ccc(/C=N\n2c(=S)[nH]nc(C)c2=O)cc1. The Bertz CT molecular complexity index is 762. The maximum absolute atomic E-state index is 11.9. The zero-order chi connectivity index (χ0) is 15.9. The van der Waals surface area contributed by atoms with Gasteiger partial charge in [-0.05, 0) is 55.4 Å². The molecule has 2 aromatic rings. The van der Waals surface area contributed by atoms with Crippen LogP contribution < -0.4 is 10.3 Å². The summed E-state index contributed by atoms with van der Waals surface area (Å²) in [5.74, 6) is 0.819. The maximum atomic E-state index is 11.9. The van der Waals surface area contributed by atoms with Crippen molar-refractivity contribution in [3.63, 3.8) is 0 Å². The summed E-state index contributed by atoms with van der Waals surface area (Å²) in [4.78, 5) is 11.9. The lowest BCUT2D eigenvalue weighted by Crippen LogP contribution is -2.22. The van der Waals surface area contributed by atoms with Crippen molar-refractivity contribution in [2.24, 2.45) is 5.10 Å². The van der Waals surface area contributed by atoms with Crippen LogP contribution in [0.25, 0.3) is 0 Å². The quantitative estimate of drug-likeness (QED) is 0.505. The van der Waals surface area contributed by atoms with Crippen molar-refractivity contribution in [3.05, 3.63) is 50.6 Å². The smallest absolute Gasteiger partial charge is 0.296 e. The van der Waals surface area contributed by atoms with Crippen molar-refractivity contribution in [2.45, 2.75) is 26.7 Å². The van der Waals surface area contributed by atoms with Gasteiger partial charge < -0.3 is 4.74 Å². The van der Waals surface area contributed by atoms with Gasteiger partial charge in [-0.3, -0.25) is 9.89 Å². The molecule has 0 saturated heterocycles. The van der Waals surface area contributed by atoms with Crippen LogP contribution in [-0.4, -0.2) is 27.7 Å². The minimum Gasteiger partial charge on any atom is -0.494 e. The lowest BCUT2D eigenvalue weighted by molar-refractivity contribution is 0.309. The Morgan fingerprint density at radius 1 is 1.41 bits per heavy atom. The van der Waals surface area contributed by atoms with E-state index >= 15 is 0 Å². The first kappa shape index (κ1) is 16.1. The minimum absolute atomic E-state index is 0.159. The van der Waals surface area contributed by atoms with E-state index in [-0.39, 0.29) is 10.3 Å². The van der Waals surface area contributed by atoms with Crippen molar-refractivity contribution in [1.82, 2.24) is 14.9 Å². The molecule has 7 heteroatoms. The number of hydrogen-bond donors (Lipinski definition) is 1. The first-order chi connectivity index (χ1) is 10.6. The Labute approximate surface area is 133 Å². The second-order valence-electron chi connectivity index (χ2n) is 4.75. The van der Waals surface area contributed by atoms with Gasteiger partial charge in [-0.2, -0.15) is 14.9 Å². The molecule has 0 unspecified atom stereocenters. The highest BCUT2D eigenvalue weighted by atomic mass is 32.1. The molecule has 0 atom stereocenters. The maximum Gasteiger partial charge on any atom is 0.296 e. The number of unbranched alkanes of at least 4 members (excludes halogenated alkanes) is 1. The molecule has 116 valence electrons. The van der Waals surface area contributed by atoms with Crippen LogP contribution in [0.2, 0.25) is 0 Å². The summed E-state index contributed by atoms with van der Waals surface area (Å²) >= 11 is 5.01. The van der Waals surface area contributed by atoms with Crippen molar-refractivity contribution in [3.8, 4) is 5.75 Å². The van der Waals surface area contributed by atoms with E-state index in [4.69, 9.17) is 17.0 Å². The Balaban J connectivity index is 2.13. The zero-order valence-corrected chi connectivity index (χ0v) is 13.4. The van der Waals surface area contributed by atoms with Crippen LogP contribution in [0.1, 0.15) is 31.0 Å². The third-order valence-electron chi connectivity index (χ3n) is 2.98. The molecule has 0 bridgehead atoms. The molecule has 1 heterocycles. The normalized spacial score (nSPS) is 11.0. The molecular weight excluding hydrogens is 300 g/mol. The summed E-state index contributed by atoms with van der Waals surface area (Å²) < 4.78 is 6.86. The number of aryl methyl sites for hydroxylation is 1. The molecule has 0 aliphatic rings. The first-order valence-electron chi connectivity index (χ1n) is 7.07. The van der Waals surface area contributed by atoms with Crippen LogP contribution in [0.15, 0.2) is 34.2 Å². The number of nitrogens with zero attached hydrogens (tertiary/aromatic N) is 3. The summed E-state index contributed by atoms with van der Waals surface area (Å²) in [5.41, 5.74) is 0.823. The highest BCUT2D eigenvalue weighted by Gasteiger charge is 2.01. The fourth-order valence-electron chi connectivity index (χ4n) is 1.69. The van der Waals surface area contributed by atoms with Crippen LogP contribution in [0, 0.1) is 11.7 Å². The second-order valence-corrected chi connectivity index (χ2v) is 5.13. The van der Waals surface area contributed by atoms with Gasteiger partial charge in [0.1, 0.15) is 11.4 Å². The average Bonchev–Trinajstić information content (AvgIpc) is 2.53. The fourth-order valence-corrected chi connectivity index (χ4v) is 1.86. The molecule has 2 rings (SSSR count). The van der Waals surface area contributed by atoms with Crippen LogP contribution in [-0.2, 0) is 0 Å². The van der Waals surface area contributed by atoms with Gasteiger partial charge in [0.05, 0.1) is 12.8 Å². The molecule has 1 aromatic carbocycles. The Kier molecular flexibility index (Phi) is 5.60. The van der Waals surface area contributed by atoms with E-state index in [2.05, 4.69) is 22.2 Å². The highest BCUT2D eigenvalue weighted by molar-refractivity contribution is 7.71. The third kappa shape index (κ3) is 4.11. The van der Waals surface area contributed by atoms with Gasteiger partial charge in [0.2, 0.25) is 4.77 Å². The number of aromatic nitrogens is 3. The van der Waals surface area contributed by atoms with E-state index < -0.39 is 0 Å². The van der Waals surface area contributed by atoms with E-state index in [1.807, 2.05) is 24.3 Å². The Morgan fingerprint density at radius 2 is 2.14 bits per heavy atom. The zero-order valence-electron chi connectivity index (χ0n) is 12.6. The molecule has 22 heavy (non-hydrogen) atoms. The predicted octanol–water partition coefficient (Wildman–Crippen LogP) is 2.67. The highest BCUT2D eigenvalue weighted by Crippen LogP contribution is 2.11. The second kappa shape index (κ2) is 7.65. The summed E-state index contributed by atoms with van der Waals surface area (Å²) in [6.07, 6.45) is 3.71. The molecular formula is C15H18N4O2S. The molecule has 1 aromatic heterocycles. The van der Waals surface area contributed by atoms with Crippen LogP contribution in [0.4, 0.5) is 0 Å². The fraction of sp³-hybridized carbons (Fsp3) is 0.333. The van der Waals surface area contributed by atoms with E-state index in [1.54, 1.807) is 13.1 Å². The van der Waals surface area contributed by atoms with Gasteiger partial charge in [-0.15, -0.1) is 0 Å². The van der Waals surface area contributed by atoms with E-state index in [9.17, 15) is 4.79 Å². The molecule has 1 N–H and O–H groups in total. The molecule has 0 amide bonds. The topological polar surface area (TPSA) is 72.3 Å². The standard InChI is InChI=1S/C15H18N4O2S/c1-3-4-9-21-13-7-5-12(6-8-13)10-16-19-14(20)11(2)17-18-15(19)22/h5-8,10H,3-4,9H2,1-2H3,(H,18,22)/b16-10-. The van der Waals surface area contributed by atoms with E-state index in [1.165, 1.54) is 0 Å². The van der Waals surface area contributed by atoms with Crippen molar-refractivity contribution >= 4 is 18.4 Å². The van der Waals surface area contributed by atoms with Gasteiger partial charge in [0.15, 0.2) is 0 Å². The predicted molar refractivity (Wildman–Crippen MR) is 88.3 cm³/mol. The average molecular weight is 318 g/mol. The monoisotopic (exact) mass is 318 g/mol. The lowest BCUT2D eigenvalue weighted by atomic mass is 10.2. The number of hydrogen-bond acceptors (Lipinski definition) is 5.